The zero-order chi connectivity index (χ0) is 11.9. The van der Waals surface area contributed by atoms with Crippen molar-refractivity contribution >= 4 is 32.3 Å². The maximum atomic E-state index is 2.24. The van der Waals surface area contributed by atoms with Crippen LogP contribution in [-0.4, -0.2) is 0 Å². The van der Waals surface area contributed by atoms with Crippen molar-refractivity contribution in [2.45, 2.75) is 0 Å². The molecule has 0 aliphatic carbocycles. The Morgan fingerprint density at radius 1 is 0.421 bits per heavy atom. The van der Waals surface area contributed by atoms with Crippen LogP contribution in [0.25, 0.3) is 32.3 Å². The van der Waals surface area contributed by atoms with Gasteiger partial charge in [0.1, 0.15) is 0 Å². The average Bonchev–Trinajstić information content (AvgIpc) is 2.46. The van der Waals surface area contributed by atoms with E-state index in [-0.39, 0.29) is 20.3 Å². The molecule has 4 rings (SSSR count). The summed E-state index contributed by atoms with van der Waals surface area (Å²) in [4.78, 5) is 0. The van der Waals surface area contributed by atoms with Crippen LogP contribution < -0.4 is 18.9 Å². The van der Waals surface area contributed by atoms with Crippen LogP contribution in [-0.2, 0) is 0 Å². The van der Waals surface area contributed by atoms with Gasteiger partial charge in [0.2, 0.25) is 0 Å². The van der Waals surface area contributed by atoms with Gasteiger partial charge in [-0.3, -0.25) is 0 Å². The van der Waals surface area contributed by atoms with Gasteiger partial charge in [0, 0.05) is 0 Å². The quantitative estimate of drug-likeness (QED) is 0.324. The van der Waals surface area contributed by atoms with E-state index in [1.807, 2.05) is 0 Å². The molecule has 0 saturated heterocycles. The monoisotopic (exact) mass is 236 g/mol. The third kappa shape index (κ3) is 1.85. The number of hydrogen-bond acceptors (Lipinski definition) is 0. The summed E-state index contributed by atoms with van der Waals surface area (Å²) in [6.07, 6.45) is 0. The van der Waals surface area contributed by atoms with Crippen molar-refractivity contribution in [1.82, 2.24) is 0 Å². The molecule has 0 saturated carbocycles. The van der Waals surface area contributed by atoms with Crippen molar-refractivity contribution in [3.63, 3.8) is 0 Å². The zero-order valence-corrected chi connectivity index (χ0v) is 10.9. The molecule has 0 aliphatic heterocycles. The van der Waals surface area contributed by atoms with Crippen LogP contribution >= 0.6 is 0 Å². The zero-order valence-electron chi connectivity index (χ0n) is 11.9. The predicted molar refractivity (Wildman–Crippen MR) is 80.1 cm³/mol. The molecule has 1 heteroatoms. The molecule has 0 fully saturated rings. The minimum absolute atomic E-state index is 0. The van der Waals surface area contributed by atoms with Crippen molar-refractivity contribution < 1.29 is 20.3 Å². The predicted octanol–water partition coefficient (Wildman–Crippen LogP) is 2.26. The summed E-state index contributed by atoms with van der Waals surface area (Å²) >= 11 is 0. The minimum Gasteiger partial charge on any atom is -1.00 e. The molecule has 0 nitrogen and oxygen atoms in total. The summed E-state index contributed by atoms with van der Waals surface area (Å²) in [5.41, 5.74) is 0. The van der Waals surface area contributed by atoms with Gasteiger partial charge in [-0.05, 0) is 32.3 Å². The fourth-order valence-corrected chi connectivity index (χ4v) is 2.77. The second-order valence-corrected chi connectivity index (χ2v) is 4.67. The van der Waals surface area contributed by atoms with Crippen LogP contribution in [0.5, 0.6) is 0 Å². The van der Waals surface area contributed by atoms with Crippen molar-refractivity contribution in [2.75, 3.05) is 0 Å². The third-order valence-corrected chi connectivity index (χ3v) is 3.65. The molecule has 0 spiro atoms. The Morgan fingerprint density at radius 2 is 0.842 bits per heavy atom. The summed E-state index contributed by atoms with van der Waals surface area (Å²) in [6, 6.07) is 26.0. The molecule has 19 heavy (non-hydrogen) atoms. The molecule has 4 aromatic rings. The van der Waals surface area contributed by atoms with E-state index in [2.05, 4.69) is 72.8 Å². The van der Waals surface area contributed by atoms with Gasteiger partial charge in [-0.25, -0.2) is 0 Å². The van der Waals surface area contributed by atoms with E-state index in [0.29, 0.717) is 0 Å². The molecular weight excluding hydrogens is 223 g/mol. The maximum absolute atomic E-state index is 2.24. The second-order valence-electron chi connectivity index (χ2n) is 4.67. The van der Waals surface area contributed by atoms with Gasteiger partial charge in [-0.2, -0.15) is 0 Å². The van der Waals surface area contributed by atoms with Gasteiger partial charge in [0.05, 0.1) is 0 Å². The van der Waals surface area contributed by atoms with Crippen LogP contribution in [0.3, 0.4) is 0 Å². The summed E-state index contributed by atoms with van der Waals surface area (Å²) in [7, 11) is 0. The molecule has 86 valence electrons. The fraction of sp³-hybridized carbons (Fsp3) is 0. The molecule has 0 radical (unpaired) electrons. The van der Waals surface area contributed by atoms with E-state index in [9.17, 15) is 0 Å². The average molecular weight is 236 g/mol. The van der Waals surface area contributed by atoms with Gasteiger partial charge in [-0.1, -0.05) is 72.8 Å². The normalized spacial score (nSPS) is 10.7. The van der Waals surface area contributed by atoms with Gasteiger partial charge in [-0.15, -0.1) is 0 Å². The fourth-order valence-electron chi connectivity index (χ4n) is 2.77. The molecule has 0 aromatic heterocycles. The largest absolute Gasteiger partial charge is 1.00 e. The van der Waals surface area contributed by atoms with E-state index in [0.717, 1.165) is 0 Å². The van der Waals surface area contributed by atoms with Gasteiger partial charge in [0.25, 0.3) is 0 Å². The molecule has 0 heterocycles. The number of rotatable bonds is 0. The van der Waals surface area contributed by atoms with Crippen molar-refractivity contribution in [2.24, 2.45) is 0 Å². The molecule has 0 bridgehead atoms. The first-order valence-electron chi connectivity index (χ1n) is 6.23. The van der Waals surface area contributed by atoms with Crippen LogP contribution in [0.2, 0.25) is 0 Å². The molecule has 0 N–H and O–H groups in total. The number of fused-ring (bicyclic) bond motifs is 5. The van der Waals surface area contributed by atoms with Crippen LogP contribution in [0.15, 0.2) is 72.8 Å². The molecule has 0 aliphatic rings. The van der Waals surface area contributed by atoms with E-state index in [1.165, 1.54) is 32.3 Å². The summed E-state index contributed by atoms with van der Waals surface area (Å²) in [5, 5.41) is 7.96. The third-order valence-electron chi connectivity index (χ3n) is 3.65. The Balaban J connectivity index is 0.000000735. The van der Waals surface area contributed by atoms with Crippen molar-refractivity contribution in [3.05, 3.63) is 72.8 Å². The van der Waals surface area contributed by atoms with Crippen LogP contribution in [0.4, 0.5) is 0 Å². The van der Waals surface area contributed by atoms with Gasteiger partial charge < -0.3 is 1.43 Å². The Hall–Kier alpha value is -1.74. The van der Waals surface area contributed by atoms with Gasteiger partial charge >= 0.3 is 18.9 Å². The first kappa shape index (κ1) is 12.3. The standard InChI is InChI=1S/C18H12.Li.H/c1-3-7-15-13(5-1)9-11-18-16-8-4-2-6-14(16)10-12-17(15)18;;/h1-12H;;/q;+1;-1. The Bertz CT molecular complexity index is 809. The second kappa shape index (κ2) is 4.74. The van der Waals surface area contributed by atoms with Crippen LogP contribution in [0.1, 0.15) is 1.43 Å². The Morgan fingerprint density at radius 3 is 1.32 bits per heavy atom. The Labute approximate surface area is 125 Å². The van der Waals surface area contributed by atoms with Crippen LogP contribution in [0, 0.1) is 0 Å². The van der Waals surface area contributed by atoms with Crippen molar-refractivity contribution in [3.8, 4) is 0 Å². The molecule has 0 amide bonds. The maximum Gasteiger partial charge on any atom is 1.00 e. The smallest absolute Gasteiger partial charge is 1.00 e. The summed E-state index contributed by atoms with van der Waals surface area (Å²) in [5.74, 6) is 0. The first-order valence-corrected chi connectivity index (χ1v) is 6.23. The SMILES string of the molecule is [H-].[Li+].c1ccc2c(c1)ccc1c3ccccc3ccc21. The molecule has 0 unspecified atom stereocenters. The minimum atomic E-state index is 0. The number of hydrogen-bond donors (Lipinski definition) is 0. The van der Waals surface area contributed by atoms with Crippen molar-refractivity contribution in [1.29, 1.82) is 0 Å². The first-order chi connectivity index (χ1) is 8.93. The molecular formula is C18H13Li. The van der Waals surface area contributed by atoms with E-state index >= 15 is 0 Å². The topological polar surface area (TPSA) is 0 Å². The molecule has 0 atom stereocenters. The number of benzene rings is 4. The summed E-state index contributed by atoms with van der Waals surface area (Å²) in [6.45, 7) is 0. The summed E-state index contributed by atoms with van der Waals surface area (Å²) < 4.78 is 0. The van der Waals surface area contributed by atoms with E-state index < -0.39 is 0 Å². The van der Waals surface area contributed by atoms with Gasteiger partial charge in [0.15, 0.2) is 0 Å². The molecule has 4 aromatic carbocycles. The van der Waals surface area contributed by atoms with E-state index in [4.69, 9.17) is 0 Å². The van der Waals surface area contributed by atoms with E-state index in [1.54, 1.807) is 0 Å². The Kier molecular flexibility index (Phi) is 3.07.